The Morgan fingerprint density at radius 3 is 2.32 bits per heavy atom. The predicted molar refractivity (Wildman–Crippen MR) is 77.8 cm³/mol. The van der Waals surface area contributed by atoms with E-state index in [1.54, 1.807) is 12.1 Å². The molecule has 0 unspecified atom stereocenters. The molecule has 0 amide bonds. The number of hydrogen-bond donors (Lipinski definition) is 2. The van der Waals surface area contributed by atoms with Gasteiger partial charge in [0, 0.05) is 18.3 Å². The lowest BCUT2D eigenvalue weighted by molar-refractivity contribution is 0.373. The molecule has 2 aromatic carbocycles. The second-order valence-electron chi connectivity index (χ2n) is 4.41. The van der Waals surface area contributed by atoms with Crippen LogP contribution >= 0.6 is 0 Å². The van der Waals surface area contributed by atoms with Crippen LogP contribution in [-0.2, 0) is 13.0 Å². The fraction of sp³-hybridized carbons (Fsp3) is 0.250. The Morgan fingerprint density at radius 1 is 1.05 bits per heavy atom. The van der Waals surface area contributed by atoms with Crippen LogP contribution in [0.4, 0.5) is 5.69 Å². The van der Waals surface area contributed by atoms with Gasteiger partial charge < -0.3 is 15.2 Å². The van der Waals surface area contributed by atoms with Crippen molar-refractivity contribution in [3.05, 3.63) is 53.6 Å². The van der Waals surface area contributed by atoms with Crippen molar-refractivity contribution in [3.63, 3.8) is 0 Å². The van der Waals surface area contributed by atoms with Crippen molar-refractivity contribution in [2.24, 2.45) is 0 Å². The van der Waals surface area contributed by atoms with Gasteiger partial charge >= 0.3 is 0 Å². The fourth-order valence-electron chi connectivity index (χ4n) is 1.90. The maximum Gasteiger partial charge on any atom is 0.160 e. The number of hydrogen-bond acceptors (Lipinski definition) is 3. The molecule has 3 heteroatoms. The number of rotatable bonds is 5. The van der Waals surface area contributed by atoms with Crippen LogP contribution in [0.1, 0.15) is 18.1 Å². The van der Waals surface area contributed by atoms with Crippen molar-refractivity contribution in [1.29, 1.82) is 0 Å². The molecule has 0 aliphatic heterocycles. The fourth-order valence-corrected chi connectivity index (χ4v) is 1.90. The Bertz CT molecular complexity index is 535. The van der Waals surface area contributed by atoms with Gasteiger partial charge in [0.15, 0.2) is 11.5 Å². The third-order valence-corrected chi connectivity index (χ3v) is 3.11. The summed E-state index contributed by atoms with van der Waals surface area (Å²) in [5.74, 6) is 0.631. The highest BCUT2D eigenvalue weighted by Gasteiger charge is 2.02. The maximum atomic E-state index is 9.69. The molecule has 2 rings (SSSR count). The van der Waals surface area contributed by atoms with Gasteiger partial charge in [-0.05, 0) is 29.7 Å². The zero-order valence-electron chi connectivity index (χ0n) is 11.3. The molecular weight excluding hydrogens is 238 g/mol. The lowest BCUT2D eigenvalue weighted by atomic mass is 10.1. The van der Waals surface area contributed by atoms with Crippen molar-refractivity contribution >= 4 is 5.69 Å². The average Bonchev–Trinajstić information content (AvgIpc) is 2.46. The molecule has 0 bridgehead atoms. The van der Waals surface area contributed by atoms with Gasteiger partial charge in [0.1, 0.15) is 0 Å². The number of ether oxygens (including phenoxy) is 1. The Morgan fingerprint density at radius 2 is 1.74 bits per heavy atom. The van der Waals surface area contributed by atoms with Crippen LogP contribution in [0, 0.1) is 0 Å². The molecule has 19 heavy (non-hydrogen) atoms. The van der Waals surface area contributed by atoms with Crippen LogP contribution in [0.3, 0.4) is 0 Å². The molecule has 0 aliphatic carbocycles. The summed E-state index contributed by atoms with van der Waals surface area (Å²) in [5.41, 5.74) is 3.43. The molecule has 0 aliphatic rings. The van der Waals surface area contributed by atoms with Gasteiger partial charge in [0.2, 0.25) is 0 Å². The number of aryl methyl sites for hydroxylation is 1. The van der Waals surface area contributed by atoms with Crippen molar-refractivity contribution in [2.75, 3.05) is 12.4 Å². The van der Waals surface area contributed by atoms with Crippen LogP contribution in [0.15, 0.2) is 42.5 Å². The van der Waals surface area contributed by atoms with Crippen LogP contribution in [0.25, 0.3) is 0 Å². The summed E-state index contributed by atoms with van der Waals surface area (Å²) in [5, 5.41) is 13.0. The monoisotopic (exact) mass is 257 g/mol. The van der Waals surface area contributed by atoms with E-state index >= 15 is 0 Å². The van der Waals surface area contributed by atoms with Gasteiger partial charge in [-0.1, -0.05) is 31.2 Å². The third kappa shape index (κ3) is 3.41. The van der Waals surface area contributed by atoms with Crippen molar-refractivity contribution < 1.29 is 9.84 Å². The van der Waals surface area contributed by atoms with E-state index in [4.69, 9.17) is 4.74 Å². The van der Waals surface area contributed by atoms with E-state index in [0.29, 0.717) is 5.75 Å². The minimum atomic E-state index is 0.147. The lowest BCUT2D eigenvalue weighted by Crippen LogP contribution is -1.99. The van der Waals surface area contributed by atoms with Gasteiger partial charge in [-0.25, -0.2) is 0 Å². The normalized spacial score (nSPS) is 10.2. The summed E-state index contributed by atoms with van der Waals surface area (Å²) >= 11 is 0. The molecule has 2 N–H and O–H groups in total. The van der Waals surface area contributed by atoms with Crippen LogP contribution in [-0.4, -0.2) is 12.2 Å². The lowest BCUT2D eigenvalue weighted by Gasteiger charge is -2.09. The highest BCUT2D eigenvalue weighted by Crippen LogP contribution is 2.28. The quantitative estimate of drug-likeness (QED) is 0.860. The Hall–Kier alpha value is -2.16. The molecule has 0 spiro atoms. The predicted octanol–water partition coefficient (Wildman–Crippen LogP) is 3.58. The summed E-state index contributed by atoms with van der Waals surface area (Å²) in [7, 11) is 1.54. The zero-order chi connectivity index (χ0) is 13.7. The number of anilines is 1. The number of phenolic OH excluding ortho intramolecular Hbond substituents is 1. The van der Waals surface area contributed by atoms with E-state index in [0.717, 1.165) is 18.7 Å². The minimum Gasteiger partial charge on any atom is -0.504 e. The van der Waals surface area contributed by atoms with Crippen LogP contribution in [0.5, 0.6) is 11.5 Å². The minimum absolute atomic E-state index is 0.147. The molecule has 3 nitrogen and oxygen atoms in total. The van der Waals surface area contributed by atoms with Gasteiger partial charge in [-0.2, -0.15) is 0 Å². The van der Waals surface area contributed by atoms with Crippen molar-refractivity contribution in [3.8, 4) is 11.5 Å². The van der Waals surface area contributed by atoms with Crippen LogP contribution in [0.2, 0.25) is 0 Å². The second-order valence-corrected chi connectivity index (χ2v) is 4.41. The first kappa shape index (κ1) is 13.3. The highest BCUT2D eigenvalue weighted by atomic mass is 16.5. The van der Waals surface area contributed by atoms with Crippen molar-refractivity contribution in [2.45, 2.75) is 19.9 Å². The molecule has 0 saturated heterocycles. The third-order valence-electron chi connectivity index (χ3n) is 3.11. The van der Waals surface area contributed by atoms with Gasteiger partial charge in [0.05, 0.1) is 7.11 Å². The summed E-state index contributed by atoms with van der Waals surface area (Å²) < 4.78 is 5.01. The highest BCUT2D eigenvalue weighted by molar-refractivity contribution is 5.54. The summed E-state index contributed by atoms with van der Waals surface area (Å²) in [4.78, 5) is 0. The summed E-state index contributed by atoms with van der Waals surface area (Å²) in [6.07, 6.45) is 1.06. The van der Waals surface area contributed by atoms with Gasteiger partial charge in [-0.15, -0.1) is 0 Å². The number of phenols is 1. The topological polar surface area (TPSA) is 41.5 Å². The average molecular weight is 257 g/mol. The SMILES string of the molecule is CCc1ccc(CNc2ccc(OC)c(O)c2)cc1. The first-order chi connectivity index (χ1) is 9.22. The number of methoxy groups -OCH3 is 1. The standard InChI is InChI=1S/C16H19NO2/c1-3-12-4-6-13(7-5-12)11-17-14-8-9-16(19-2)15(18)10-14/h4-10,17-18H,3,11H2,1-2H3. The Balaban J connectivity index is 1.99. The van der Waals surface area contributed by atoms with E-state index in [1.165, 1.54) is 18.2 Å². The van der Waals surface area contributed by atoms with Gasteiger partial charge in [-0.3, -0.25) is 0 Å². The first-order valence-corrected chi connectivity index (χ1v) is 6.41. The molecule has 0 aromatic heterocycles. The summed E-state index contributed by atoms with van der Waals surface area (Å²) in [6.45, 7) is 2.88. The molecule has 0 fully saturated rings. The van der Waals surface area contributed by atoms with E-state index in [9.17, 15) is 5.11 Å². The second kappa shape index (κ2) is 6.14. The smallest absolute Gasteiger partial charge is 0.160 e. The molecule has 0 saturated carbocycles. The van der Waals surface area contributed by atoms with Crippen LogP contribution < -0.4 is 10.1 Å². The molecular formula is C16H19NO2. The molecule has 100 valence electrons. The van der Waals surface area contributed by atoms with Gasteiger partial charge in [0.25, 0.3) is 0 Å². The number of aromatic hydroxyl groups is 1. The first-order valence-electron chi connectivity index (χ1n) is 6.41. The van der Waals surface area contributed by atoms with E-state index in [1.807, 2.05) is 6.07 Å². The largest absolute Gasteiger partial charge is 0.504 e. The van der Waals surface area contributed by atoms with E-state index < -0.39 is 0 Å². The Kier molecular flexibility index (Phi) is 4.29. The number of nitrogens with one attached hydrogen (secondary N) is 1. The van der Waals surface area contributed by atoms with E-state index in [2.05, 4.69) is 36.5 Å². The maximum absolute atomic E-state index is 9.69. The molecule has 0 radical (unpaired) electrons. The Labute approximate surface area is 113 Å². The zero-order valence-corrected chi connectivity index (χ0v) is 11.3. The molecule has 0 heterocycles. The van der Waals surface area contributed by atoms with E-state index in [-0.39, 0.29) is 5.75 Å². The number of benzene rings is 2. The van der Waals surface area contributed by atoms with Crippen molar-refractivity contribution in [1.82, 2.24) is 0 Å². The summed E-state index contributed by atoms with van der Waals surface area (Å²) in [6, 6.07) is 13.8. The molecule has 0 atom stereocenters. The molecule has 2 aromatic rings.